The Kier molecular flexibility index (Phi) is 5.09. The van der Waals surface area contributed by atoms with Crippen molar-refractivity contribution in [3.05, 3.63) is 40.2 Å². The molecule has 1 atom stereocenters. The van der Waals surface area contributed by atoms with Gasteiger partial charge in [-0.25, -0.2) is 0 Å². The minimum atomic E-state index is -1.84. The van der Waals surface area contributed by atoms with Crippen LogP contribution in [0, 0.1) is 10.1 Å². The molecule has 0 radical (unpaired) electrons. The van der Waals surface area contributed by atoms with Gasteiger partial charge in [-0.05, 0) is 6.42 Å². The first-order valence-corrected chi connectivity index (χ1v) is 7.21. The van der Waals surface area contributed by atoms with Gasteiger partial charge in [0.15, 0.2) is 0 Å². The molecule has 1 heterocycles. The largest absolute Gasteiger partial charge is 0.588 e. The lowest BCUT2D eigenvalue weighted by Gasteiger charge is -2.08. The molecule has 0 amide bonds. The average Bonchev–Trinajstić information content (AvgIpc) is 2.92. The Morgan fingerprint density at radius 2 is 2.19 bits per heavy atom. The van der Waals surface area contributed by atoms with Crippen molar-refractivity contribution in [3.63, 3.8) is 0 Å². The van der Waals surface area contributed by atoms with Crippen LogP contribution in [0.2, 0.25) is 0 Å². The van der Waals surface area contributed by atoms with E-state index in [4.69, 9.17) is 5.11 Å². The van der Waals surface area contributed by atoms with Gasteiger partial charge in [0, 0.05) is 25.2 Å². The second-order valence-corrected chi connectivity index (χ2v) is 5.21. The monoisotopic (exact) mass is 311 g/mol. The van der Waals surface area contributed by atoms with E-state index in [1.807, 2.05) is 0 Å². The van der Waals surface area contributed by atoms with Crippen molar-refractivity contribution in [2.75, 3.05) is 11.3 Å². The number of nitro groups is 1. The van der Waals surface area contributed by atoms with Crippen molar-refractivity contribution in [2.24, 2.45) is 0 Å². The lowest BCUT2D eigenvalue weighted by molar-refractivity contribution is -0.387. The second kappa shape index (κ2) is 7.02. The molecule has 21 heavy (non-hydrogen) atoms. The number of aliphatic hydroxyl groups excluding tert-OH is 1. The normalized spacial score (nSPS) is 12.1. The SMILES string of the molecule is O=[N+]([O-])c1ccccc1[S+]([O-])Nc1n[nH]c(CCCO)n1. The molecule has 0 saturated carbocycles. The Bertz CT molecular complexity index is 620. The number of nitro benzene ring substituents is 1. The average molecular weight is 311 g/mol. The van der Waals surface area contributed by atoms with Crippen LogP contribution in [0.1, 0.15) is 12.2 Å². The first kappa shape index (κ1) is 15.2. The number of rotatable bonds is 7. The van der Waals surface area contributed by atoms with E-state index < -0.39 is 16.3 Å². The maximum atomic E-state index is 12.1. The third-order valence-electron chi connectivity index (χ3n) is 2.55. The molecule has 0 aliphatic rings. The van der Waals surface area contributed by atoms with E-state index in [1.54, 1.807) is 6.07 Å². The van der Waals surface area contributed by atoms with Gasteiger partial charge in [0.2, 0.25) is 0 Å². The summed E-state index contributed by atoms with van der Waals surface area (Å²) in [5.41, 5.74) is -0.237. The third-order valence-corrected chi connectivity index (χ3v) is 3.66. The molecule has 0 fully saturated rings. The maximum absolute atomic E-state index is 12.1. The quantitative estimate of drug-likeness (QED) is 0.389. The summed E-state index contributed by atoms with van der Waals surface area (Å²) in [6.45, 7) is 0.0333. The number of aliphatic hydroxyl groups is 1. The Morgan fingerprint density at radius 1 is 1.43 bits per heavy atom. The van der Waals surface area contributed by atoms with Gasteiger partial charge in [-0.3, -0.25) is 15.2 Å². The van der Waals surface area contributed by atoms with Crippen molar-refractivity contribution in [1.29, 1.82) is 0 Å². The predicted molar refractivity (Wildman–Crippen MR) is 74.9 cm³/mol. The summed E-state index contributed by atoms with van der Waals surface area (Å²) >= 11 is -1.84. The summed E-state index contributed by atoms with van der Waals surface area (Å²) in [6, 6.07) is 5.74. The number of H-pyrrole nitrogens is 1. The maximum Gasteiger partial charge on any atom is 0.326 e. The van der Waals surface area contributed by atoms with Crippen molar-refractivity contribution >= 4 is 23.0 Å². The molecular formula is C11H13N5O4S. The van der Waals surface area contributed by atoms with E-state index in [-0.39, 0.29) is 23.1 Å². The predicted octanol–water partition coefficient (Wildman–Crippen LogP) is 0.772. The minimum absolute atomic E-state index is 0.0333. The first-order chi connectivity index (χ1) is 10.1. The molecule has 0 aliphatic carbocycles. The topological polar surface area (TPSA) is 140 Å². The molecule has 10 heteroatoms. The number of hydrogen-bond acceptors (Lipinski definition) is 7. The smallest absolute Gasteiger partial charge is 0.326 e. The van der Waals surface area contributed by atoms with E-state index in [0.29, 0.717) is 18.7 Å². The van der Waals surface area contributed by atoms with Crippen LogP contribution in [0.3, 0.4) is 0 Å². The zero-order chi connectivity index (χ0) is 15.2. The number of anilines is 1. The number of nitrogens with one attached hydrogen (secondary N) is 2. The Morgan fingerprint density at radius 3 is 2.90 bits per heavy atom. The fourth-order valence-electron chi connectivity index (χ4n) is 1.60. The first-order valence-electron chi connectivity index (χ1n) is 6.06. The summed E-state index contributed by atoms with van der Waals surface area (Å²) in [6.07, 6.45) is 1.03. The van der Waals surface area contributed by atoms with Gasteiger partial charge in [-0.15, -0.1) is 5.10 Å². The molecule has 3 N–H and O–H groups in total. The lowest BCUT2D eigenvalue weighted by atomic mass is 10.3. The zero-order valence-electron chi connectivity index (χ0n) is 10.9. The highest BCUT2D eigenvalue weighted by Gasteiger charge is 2.25. The summed E-state index contributed by atoms with van der Waals surface area (Å²) in [4.78, 5) is 14.4. The Balaban J connectivity index is 2.09. The molecule has 0 aliphatic heterocycles. The van der Waals surface area contributed by atoms with Crippen LogP contribution in [0.4, 0.5) is 11.6 Å². The summed E-state index contributed by atoms with van der Waals surface area (Å²) in [7, 11) is 0. The molecule has 0 bridgehead atoms. The highest BCUT2D eigenvalue weighted by molar-refractivity contribution is 7.92. The number of para-hydroxylation sites is 1. The standard InChI is InChI=1S/C11H13N5O4S/c17-7-3-6-10-12-11(14-13-10)15-21(20)9-5-2-1-4-8(9)16(18)19/h1-2,4-5,17H,3,6-7H2,(H2,12,13,14,15). The van der Waals surface area contributed by atoms with Crippen molar-refractivity contribution in [1.82, 2.24) is 15.2 Å². The van der Waals surface area contributed by atoms with E-state index in [9.17, 15) is 14.7 Å². The third kappa shape index (κ3) is 3.90. The lowest BCUT2D eigenvalue weighted by Crippen LogP contribution is -2.15. The van der Waals surface area contributed by atoms with Crippen LogP contribution in [-0.4, -0.2) is 36.4 Å². The van der Waals surface area contributed by atoms with E-state index >= 15 is 0 Å². The fraction of sp³-hybridized carbons (Fsp3) is 0.273. The number of aromatic nitrogens is 3. The molecule has 9 nitrogen and oxygen atoms in total. The number of benzene rings is 1. The van der Waals surface area contributed by atoms with E-state index in [2.05, 4.69) is 19.9 Å². The van der Waals surface area contributed by atoms with Gasteiger partial charge < -0.3 is 9.66 Å². The number of aryl methyl sites for hydroxylation is 1. The Labute approximate surface area is 122 Å². The summed E-state index contributed by atoms with van der Waals surface area (Å²) < 4.78 is 14.6. The van der Waals surface area contributed by atoms with E-state index in [0.717, 1.165) is 0 Å². The van der Waals surface area contributed by atoms with Crippen LogP contribution in [0.5, 0.6) is 0 Å². The van der Waals surface area contributed by atoms with Crippen LogP contribution < -0.4 is 4.72 Å². The molecule has 1 aromatic heterocycles. The Hall–Kier alpha value is -2.17. The van der Waals surface area contributed by atoms with Gasteiger partial charge in [-0.1, -0.05) is 12.1 Å². The number of aromatic amines is 1. The molecule has 2 aromatic rings. The van der Waals surface area contributed by atoms with Crippen molar-refractivity contribution in [3.8, 4) is 0 Å². The summed E-state index contributed by atoms with van der Waals surface area (Å²) in [5.74, 6) is 0.616. The van der Waals surface area contributed by atoms with Crippen LogP contribution in [-0.2, 0) is 17.8 Å². The highest BCUT2D eigenvalue weighted by Crippen LogP contribution is 2.24. The molecule has 1 unspecified atom stereocenters. The van der Waals surface area contributed by atoms with Gasteiger partial charge in [0.05, 0.1) is 4.92 Å². The molecular weight excluding hydrogens is 298 g/mol. The molecule has 0 saturated heterocycles. The van der Waals surface area contributed by atoms with Crippen LogP contribution in [0.25, 0.3) is 0 Å². The zero-order valence-corrected chi connectivity index (χ0v) is 11.7. The van der Waals surface area contributed by atoms with Gasteiger partial charge in [0.1, 0.15) is 17.2 Å². The molecule has 2 rings (SSSR count). The van der Waals surface area contributed by atoms with E-state index in [1.165, 1.54) is 18.2 Å². The van der Waals surface area contributed by atoms with Crippen molar-refractivity contribution < 1.29 is 14.6 Å². The van der Waals surface area contributed by atoms with Crippen LogP contribution >= 0.6 is 0 Å². The van der Waals surface area contributed by atoms with Crippen molar-refractivity contribution in [2.45, 2.75) is 17.7 Å². The van der Waals surface area contributed by atoms with Gasteiger partial charge in [-0.2, -0.15) is 9.71 Å². The molecule has 112 valence electrons. The summed E-state index contributed by atoms with van der Waals surface area (Å²) in [5, 5.41) is 26.1. The second-order valence-electron chi connectivity index (χ2n) is 4.03. The molecule has 0 spiro atoms. The minimum Gasteiger partial charge on any atom is -0.588 e. The highest BCUT2D eigenvalue weighted by atomic mass is 32.2. The molecule has 1 aromatic carbocycles. The number of nitrogens with zero attached hydrogens (tertiary/aromatic N) is 3. The van der Waals surface area contributed by atoms with Crippen LogP contribution in [0.15, 0.2) is 29.2 Å². The number of hydrogen-bond donors (Lipinski definition) is 3. The van der Waals surface area contributed by atoms with Gasteiger partial charge >= 0.3 is 5.69 Å². The fourth-order valence-corrected chi connectivity index (χ4v) is 2.50. The van der Waals surface area contributed by atoms with Gasteiger partial charge in [0.25, 0.3) is 10.8 Å².